The molecule has 0 spiro atoms. The van der Waals surface area contributed by atoms with Gasteiger partial charge in [0.15, 0.2) is 0 Å². The minimum Gasteiger partial charge on any atom is -0.489 e. The highest BCUT2D eigenvalue weighted by atomic mass is 16.5. The fraction of sp³-hybridized carbons (Fsp3) is 0.250. The smallest absolute Gasteiger partial charge is 0.119 e. The van der Waals surface area contributed by atoms with Gasteiger partial charge in [0.25, 0.3) is 0 Å². The van der Waals surface area contributed by atoms with Crippen molar-refractivity contribution in [1.29, 1.82) is 0 Å². The lowest BCUT2D eigenvalue weighted by molar-refractivity contribution is -0.428. The van der Waals surface area contributed by atoms with Gasteiger partial charge in [0.1, 0.15) is 18.4 Å². The third kappa shape index (κ3) is 4.09. The van der Waals surface area contributed by atoms with Gasteiger partial charge in [0.2, 0.25) is 0 Å². The van der Waals surface area contributed by atoms with E-state index in [9.17, 15) is 0 Å². The highest BCUT2D eigenvalue weighted by Gasteiger charge is 2.08. The van der Waals surface area contributed by atoms with E-state index in [1.165, 1.54) is 0 Å². The van der Waals surface area contributed by atoms with Gasteiger partial charge >= 0.3 is 0 Å². The van der Waals surface area contributed by atoms with Crippen LogP contribution in [0.5, 0.6) is 5.75 Å². The minimum atomic E-state index is 0.133. The molecule has 0 bridgehead atoms. The fourth-order valence-electron chi connectivity index (χ4n) is 1.90. The number of aliphatic hydroxyl groups excluding tert-OH is 1. The number of hydrogen-bond acceptors (Lipinski definition) is 2. The Kier molecular flexibility index (Phi) is 4.95. The maximum atomic E-state index is 8.90. The van der Waals surface area contributed by atoms with E-state index in [2.05, 4.69) is 5.73 Å². The molecule has 100 valence electrons. The van der Waals surface area contributed by atoms with Crippen LogP contribution < -0.4 is 10.5 Å². The second-order valence-electron chi connectivity index (χ2n) is 4.55. The summed E-state index contributed by atoms with van der Waals surface area (Å²) in [4.78, 5) is 0. The maximum Gasteiger partial charge on any atom is 0.119 e. The van der Waals surface area contributed by atoms with Crippen LogP contribution in [-0.4, -0.2) is 11.7 Å². The largest absolute Gasteiger partial charge is 0.489 e. The number of quaternary nitrogens is 1. The predicted molar refractivity (Wildman–Crippen MR) is 74.5 cm³/mol. The summed E-state index contributed by atoms with van der Waals surface area (Å²) in [6, 6.07) is 18.1. The third-order valence-corrected chi connectivity index (χ3v) is 3.08. The molecule has 0 amide bonds. The van der Waals surface area contributed by atoms with Gasteiger partial charge in [-0.2, -0.15) is 0 Å². The zero-order valence-corrected chi connectivity index (χ0v) is 11.0. The normalized spacial score (nSPS) is 12.1. The van der Waals surface area contributed by atoms with Crippen molar-refractivity contribution >= 4 is 0 Å². The Morgan fingerprint density at radius 2 is 1.68 bits per heavy atom. The van der Waals surface area contributed by atoms with Crippen LogP contribution in [-0.2, 0) is 6.61 Å². The number of aliphatic hydroxyl groups is 1. The summed E-state index contributed by atoms with van der Waals surface area (Å²) in [6.45, 7) is 0.741. The van der Waals surface area contributed by atoms with Gasteiger partial charge in [-0.05, 0) is 29.8 Å². The summed E-state index contributed by atoms with van der Waals surface area (Å²) >= 11 is 0. The molecule has 2 aromatic carbocycles. The Labute approximate surface area is 113 Å². The average molecular weight is 258 g/mol. The topological polar surface area (TPSA) is 57.1 Å². The predicted octanol–water partition coefficient (Wildman–Crippen LogP) is 1.93. The molecule has 19 heavy (non-hydrogen) atoms. The number of ether oxygens (including phenoxy) is 1. The first-order chi connectivity index (χ1) is 9.29. The van der Waals surface area contributed by atoms with Crippen LogP contribution in [0, 0.1) is 0 Å². The molecule has 0 saturated heterocycles. The molecule has 0 aliphatic rings. The molecule has 2 aromatic rings. The Balaban J connectivity index is 1.92. The van der Waals surface area contributed by atoms with E-state index in [0.29, 0.717) is 13.0 Å². The van der Waals surface area contributed by atoms with Crippen molar-refractivity contribution in [2.45, 2.75) is 19.1 Å². The zero-order chi connectivity index (χ0) is 13.5. The molecule has 0 fully saturated rings. The lowest BCUT2D eigenvalue weighted by atomic mass is 10.1. The number of rotatable bonds is 6. The second-order valence-corrected chi connectivity index (χ2v) is 4.55. The van der Waals surface area contributed by atoms with Crippen LogP contribution >= 0.6 is 0 Å². The van der Waals surface area contributed by atoms with Gasteiger partial charge in [0, 0.05) is 18.6 Å². The Hall–Kier alpha value is -1.84. The first-order valence-corrected chi connectivity index (χ1v) is 6.50. The Morgan fingerprint density at radius 1 is 1.00 bits per heavy atom. The van der Waals surface area contributed by atoms with Crippen LogP contribution in [0.25, 0.3) is 0 Å². The minimum absolute atomic E-state index is 0.133. The summed E-state index contributed by atoms with van der Waals surface area (Å²) in [5.41, 5.74) is 6.30. The molecule has 0 aliphatic carbocycles. The average Bonchev–Trinajstić information content (AvgIpc) is 2.47. The molecule has 0 saturated carbocycles. The molecular formula is C16H20NO2+. The zero-order valence-electron chi connectivity index (χ0n) is 11.0. The molecule has 0 aliphatic heterocycles. The van der Waals surface area contributed by atoms with Crippen LogP contribution in [0.3, 0.4) is 0 Å². The Morgan fingerprint density at radius 3 is 2.32 bits per heavy atom. The van der Waals surface area contributed by atoms with E-state index in [-0.39, 0.29) is 12.6 Å². The van der Waals surface area contributed by atoms with E-state index in [0.717, 1.165) is 16.9 Å². The van der Waals surface area contributed by atoms with E-state index >= 15 is 0 Å². The van der Waals surface area contributed by atoms with Gasteiger partial charge in [0.05, 0.1) is 0 Å². The van der Waals surface area contributed by atoms with Crippen LogP contribution in [0.15, 0.2) is 54.6 Å². The quantitative estimate of drug-likeness (QED) is 0.832. The third-order valence-electron chi connectivity index (χ3n) is 3.08. The molecular weight excluding hydrogens is 238 g/mol. The highest BCUT2D eigenvalue weighted by Crippen LogP contribution is 2.18. The Bertz CT molecular complexity index is 482. The van der Waals surface area contributed by atoms with Gasteiger partial charge in [-0.15, -0.1) is 0 Å². The monoisotopic (exact) mass is 258 g/mol. The van der Waals surface area contributed by atoms with Gasteiger partial charge in [-0.1, -0.05) is 30.3 Å². The number of benzene rings is 2. The van der Waals surface area contributed by atoms with Crippen molar-refractivity contribution in [1.82, 2.24) is 0 Å². The first-order valence-electron chi connectivity index (χ1n) is 6.50. The van der Waals surface area contributed by atoms with Crippen molar-refractivity contribution < 1.29 is 15.6 Å². The van der Waals surface area contributed by atoms with Gasteiger partial charge in [-0.25, -0.2) is 0 Å². The van der Waals surface area contributed by atoms with Crippen LogP contribution in [0.2, 0.25) is 0 Å². The second kappa shape index (κ2) is 6.92. The van der Waals surface area contributed by atoms with Crippen molar-refractivity contribution in [2.75, 3.05) is 6.61 Å². The molecule has 0 radical (unpaired) electrons. The molecule has 0 heterocycles. The highest BCUT2D eigenvalue weighted by molar-refractivity contribution is 5.28. The van der Waals surface area contributed by atoms with Crippen molar-refractivity contribution in [3.8, 4) is 5.75 Å². The van der Waals surface area contributed by atoms with E-state index in [4.69, 9.17) is 9.84 Å². The SMILES string of the molecule is [NH3+][C@@H](CCO)c1ccc(OCc2ccccc2)cc1. The fourth-order valence-corrected chi connectivity index (χ4v) is 1.90. The molecule has 3 nitrogen and oxygen atoms in total. The first kappa shape index (κ1) is 13.6. The van der Waals surface area contributed by atoms with Crippen LogP contribution in [0.4, 0.5) is 0 Å². The summed E-state index contributed by atoms with van der Waals surface area (Å²) in [5, 5.41) is 8.90. The molecule has 2 rings (SSSR count). The standard InChI is InChI=1S/C16H19NO2/c17-16(10-11-18)14-6-8-15(9-7-14)19-12-13-4-2-1-3-5-13/h1-9,16,18H,10-12,17H2/p+1/t16-/m0/s1. The summed E-state index contributed by atoms with van der Waals surface area (Å²) in [6.07, 6.45) is 0.685. The molecule has 0 aromatic heterocycles. The lowest BCUT2D eigenvalue weighted by Crippen LogP contribution is -2.53. The summed E-state index contributed by atoms with van der Waals surface area (Å²) in [5.74, 6) is 0.851. The van der Waals surface area contributed by atoms with E-state index in [1.54, 1.807) is 0 Å². The molecule has 4 N–H and O–H groups in total. The van der Waals surface area contributed by atoms with Gasteiger partial charge in [-0.3, -0.25) is 0 Å². The van der Waals surface area contributed by atoms with Crippen molar-refractivity contribution in [2.24, 2.45) is 0 Å². The maximum absolute atomic E-state index is 8.90. The molecule has 1 atom stereocenters. The lowest BCUT2D eigenvalue weighted by Gasteiger charge is -2.09. The molecule has 0 unspecified atom stereocenters. The van der Waals surface area contributed by atoms with Crippen molar-refractivity contribution in [3.63, 3.8) is 0 Å². The van der Waals surface area contributed by atoms with Crippen LogP contribution in [0.1, 0.15) is 23.6 Å². The summed E-state index contributed by atoms with van der Waals surface area (Å²) < 4.78 is 5.72. The molecule has 3 heteroatoms. The van der Waals surface area contributed by atoms with Crippen molar-refractivity contribution in [3.05, 3.63) is 65.7 Å². The van der Waals surface area contributed by atoms with E-state index in [1.807, 2.05) is 54.6 Å². The number of hydrogen-bond donors (Lipinski definition) is 2. The summed E-state index contributed by atoms with van der Waals surface area (Å²) in [7, 11) is 0. The van der Waals surface area contributed by atoms with E-state index < -0.39 is 0 Å². The van der Waals surface area contributed by atoms with Gasteiger partial charge < -0.3 is 15.6 Å².